The highest BCUT2D eigenvalue weighted by molar-refractivity contribution is 6.30. The number of H-pyrrole nitrogens is 1. The highest BCUT2D eigenvalue weighted by Gasteiger charge is 2.27. The molecule has 2 aromatic heterocycles. The van der Waals surface area contributed by atoms with Gasteiger partial charge in [-0.05, 0) is 37.0 Å². The molecule has 0 radical (unpaired) electrons. The Bertz CT molecular complexity index is 1100. The molecule has 1 N–H and O–H groups in total. The fourth-order valence-corrected chi connectivity index (χ4v) is 3.69. The number of aromatic nitrogens is 3. The number of carbonyl (C=O) groups is 1. The van der Waals surface area contributed by atoms with E-state index in [9.17, 15) is 14.0 Å². The first-order valence-corrected chi connectivity index (χ1v) is 9.64. The second kappa shape index (κ2) is 8.16. The molecule has 0 unspecified atom stereocenters. The Morgan fingerprint density at radius 3 is 3.00 bits per heavy atom. The molecule has 150 valence electrons. The summed E-state index contributed by atoms with van der Waals surface area (Å²) in [4.78, 5) is 32.6. The number of carbonyl (C=O) groups excluding carboxylic acids is 1. The Morgan fingerprint density at radius 1 is 1.38 bits per heavy atom. The summed E-state index contributed by atoms with van der Waals surface area (Å²) >= 11 is 5.83. The Kier molecular flexibility index (Phi) is 5.44. The quantitative estimate of drug-likeness (QED) is 0.704. The van der Waals surface area contributed by atoms with Gasteiger partial charge in [0.05, 0.1) is 11.1 Å². The van der Waals surface area contributed by atoms with E-state index in [-0.39, 0.29) is 28.2 Å². The molecule has 1 amide bonds. The molecule has 1 fully saturated rings. The summed E-state index contributed by atoms with van der Waals surface area (Å²) in [5.41, 5.74) is 0.203. The number of hydrogen-bond donors (Lipinski definition) is 1. The third-order valence-corrected chi connectivity index (χ3v) is 5.24. The first kappa shape index (κ1) is 19.3. The molecule has 0 saturated carbocycles. The molecule has 1 saturated heterocycles. The number of halogens is 2. The van der Waals surface area contributed by atoms with Crippen LogP contribution in [0.3, 0.4) is 0 Å². The predicted molar refractivity (Wildman–Crippen MR) is 104 cm³/mol. The average Bonchev–Trinajstić information content (AvgIpc) is 3.18. The monoisotopic (exact) mass is 416 g/mol. The number of likely N-dealkylation sites (tertiary alicyclic amines) is 1. The molecule has 0 spiro atoms. The predicted octanol–water partition coefficient (Wildman–Crippen LogP) is 3.31. The lowest BCUT2D eigenvalue weighted by atomic mass is 9.94. The maximum Gasteiger partial charge on any atom is 0.266 e. The first-order valence-electron chi connectivity index (χ1n) is 9.26. The molecule has 3 aromatic rings. The van der Waals surface area contributed by atoms with E-state index in [1.807, 2.05) is 0 Å². The first-order chi connectivity index (χ1) is 14.0. The number of aromatic amines is 1. The van der Waals surface area contributed by atoms with Crippen LogP contribution in [0.25, 0.3) is 11.4 Å². The topological polar surface area (TPSA) is 92.1 Å². The van der Waals surface area contributed by atoms with Gasteiger partial charge in [0, 0.05) is 25.7 Å². The molecule has 29 heavy (non-hydrogen) atoms. The fourth-order valence-electron chi connectivity index (χ4n) is 3.51. The van der Waals surface area contributed by atoms with Gasteiger partial charge in [0.1, 0.15) is 10.8 Å². The van der Waals surface area contributed by atoms with E-state index in [1.54, 1.807) is 23.1 Å². The minimum atomic E-state index is -0.429. The van der Waals surface area contributed by atoms with Crippen LogP contribution < -0.4 is 5.56 Å². The van der Waals surface area contributed by atoms with Gasteiger partial charge >= 0.3 is 0 Å². The van der Waals surface area contributed by atoms with Crippen LogP contribution in [0.4, 0.5) is 4.39 Å². The number of hydrogen-bond acceptors (Lipinski definition) is 5. The van der Waals surface area contributed by atoms with Gasteiger partial charge in [0.2, 0.25) is 11.7 Å². The summed E-state index contributed by atoms with van der Waals surface area (Å²) in [6.07, 6.45) is 3.62. The SMILES string of the molecule is O=C(c1c[nH]c(=O)c(Cl)c1)N1CCC[C@H](Cc2nc(-c3ccccc3F)no2)C1. The number of benzene rings is 1. The van der Waals surface area contributed by atoms with E-state index in [0.717, 1.165) is 12.8 Å². The van der Waals surface area contributed by atoms with Gasteiger partial charge in [-0.2, -0.15) is 4.98 Å². The summed E-state index contributed by atoms with van der Waals surface area (Å²) in [5, 5.41) is 3.86. The summed E-state index contributed by atoms with van der Waals surface area (Å²) in [6, 6.07) is 7.63. The largest absolute Gasteiger partial charge is 0.339 e. The van der Waals surface area contributed by atoms with Gasteiger partial charge < -0.3 is 14.4 Å². The highest BCUT2D eigenvalue weighted by Crippen LogP contribution is 2.24. The van der Waals surface area contributed by atoms with Gasteiger partial charge in [-0.25, -0.2) is 4.39 Å². The molecule has 1 aliphatic heterocycles. The van der Waals surface area contributed by atoms with E-state index >= 15 is 0 Å². The second-order valence-electron chi connectivity index (χ2n) is 7.02. The van der Waals surface area contributed by atoms with Gasteiger partial charge in [0.15, 0.2) is 0 Å². The van der Waals surface area contributed by atoms with Crippen molar-refractivity contribution in [1.29, 1.82) is 0 Å². The van der Waals surface area contributed by atoms with Gasteiger partial charge in [-0.3, -0.25) is 9.59 Å². The van der Waals surface area contributed by atoms with Crippen molar-refractivity contribution in [3.63, 3.8) is 0 Å². The Balaban J connectivity index is 1.44. The molecule has 1 aliphatic rings. The number of pyridine rings is 1. The maximum absolute atomic E-state index is 13.9. The van der Waals surface area contributed by atoms with Crippen molar-refractivity contribution in [3.8, 4) is 11.4 Å². The normalized spacial score (nSPS) is 16.8. The van der Waals surface area contributed by atoms with Crippen LogP contribution in [0, 0.1) is 11.7 Å². The molecule has 3 heterocycles. The minimum Gasteiger partial charge on any atom is -0.339 e. The summed E-state index contributed by atoms with van der Waals surface area (Å²) in [5.74, 6) is 0.165. The van der Waals surface area contributed by atoms with Crippen LogP contribution in [0.15, 0.2) is 45.8 Å². The van der Waals surface area contributed by atoms with E-state index in [1.165, 1.54) is 18.3 Å². The molecular formula is C20H18ClFN4O3. The zero-order valence-corrected chi connectivity index (χ0v) is 16.2. The fraction of sp³-hybridized carbons (Fsp3) is 0.300. The molecule has 1 aromatic carbocycles. The molecule has 1 atom stereocenters. The van der Waals surface area contributed by atoms with Crippen LogP contribution in [0.2, 0.25) is 5.02 Å². The Hall–Kier alpha value is -3.00. The van der Waals surface area contributed by atoms with E-state index in [4.69, 9.17) is 16.1 Å². The number of nitrogens with zero attached hydrogens (tertiary/aromatic N) is 3. The van der Waals surface area contributed by atoms with Crippen molar-refractivity contribution in [2.24, 2.45) is 5.92 Å². The van der Waals surface area contributed by atoms with Gasteiger partial charge in [-0.15, -0.1) is 0 Å². The highest BCUT2D eigenvalue weighted by atomic mass is 35.5. The Labute approximate surface area is 170 Å². The van der Waals surface area contributed by atoms with Crippen LogP contribution in [-0.4, -0.2) is 39.0 Å². The summed E-state index contributed by atoms with van der Waals surface area (Å²) in [7, 11) is 0. The van der Waals surface area contributed by atoms with Crippen LogP contribution in [0.1, 0.15) is 29.1 Å². The molecule has 0 aliphatic carbocycles. The third kappa shape index (κ3) is 4.22. The lowest BCUT2D eigenvalue weighted by molar-refractivity contribution is 0.0667. The van der Waals surface area contributed by atoms with E-state index < -0.39 is 11.4 Å². The molecule has 4 rings (SSSR count). The number of rotatable bonds is 4. The number of nitrogens with one attached hydrogen (secondary N) is 1. The standard InChI is InChI=1S/C20H18ClFN4O3/c21-15-9-13(10-23-19(15)27)20(28)26-7-3-4-12(11-26)8-17-24-18(25-29-17)14-5-1-2-6-16(14)22/h1-2,5-6,9-10,12H,3-4,7-8,11H2,(H,23,27)/t12-/m1/s1. The lowest BCUT2D eigenvalue weighted by Gasteiger charge is -2.32. The van der Waals surface area contributed by atoms with Crippen molar-refractivity contribution >= 4 is 17.5 Å². The number of piperidine rings is 1. The van der Waals surface area contributed by atoms with Gasteiger partial charge in [-0.1, -0.05) is 28.9 Å². The molecular weight excluding hydrogens is 399 g/mol. The Morgan fingerprint density at radius 2 is 2.21 bits per heavy atom. The van der Waals surface area contributed by atoms with Crippen molar-refractivity contribution in [1.82, 2.24) is 20.0 Å². The van der Waals surface area contributed by atoms with Crippen molar-refractivity contribution < 1.29 is 13.7 Å². The van der Waals surface area contributed by atoms with Crippen molar-refractivity contribution in [3.05, 3.63) is 69.2 Å². The molecule has 9 heteroatoms. The van der Waals surface area contributed by atoms with E-state index in [0.29, 0.717) is 31.0 Å². The van der Waals surface area contributed by atoms with Crippen molar-refractivity contribution in [2.45, 2.75) is 19.3 Å². The van der Waals surface area contributed by atoms with Crippen molar-refractivity contribution in [2.75, 3.05) is 13.1 Å². The average molecular weight is 417 g/mol. The van der Waals surface area contributed by atoms with Crippen LogP contribution in [0.5, 0.6) is 0 Å². The maximum atomic E-state index is 13.9. The van der Waals surface area contributed by atoms with Crippen LogP contribution >= 0.6 is 11.6 Å². The molecule has 7 nitrogen and oxygen atoms in total. The number of amides is 1. The van der Waals surface area contributed by atoms with Crippen LogP contribution in [-0.2, 0) is 6.42 Å². The minimum absolute atomic E-state index is 0.0176. The zero-order chi connectivity index (χ0) is 20.4. The molecule has 0 bridgehead atoms. The summed E-state index contributed by atoms with van der Waals surface area (Å²) in [6.45, 7) is 1.14. The zero-order valence-electron chi connectivity index (χ0n) is 15.4. The second-order valence-corrected chi connectivity index (χ2v) is 7.43. The smallest absolute Gasteiger partial charge is 0.266 e. The third-order valence-electron chi connectivity index (χ3n) is 4.96. The van der Waals surface area contributed by atoms with E-state index in [2.05, 4.69) is 15.1 Å². The summed E-state index contributed by atoms with van der Waals surface area (Å²) < 4.78 is 19.2. The lowest BCUT2D eigenvalue weighted by Crippen LogP contribution is -2.40. The van der Waals surface area contributed by atoms with Gasteiger partial charge in [0.25, 0.3) is 11.5 Å².